The number of benzene rings is 1. The second-order valence-corrected chi connectivity index (χ2v) is 8.84. The molecule has 11 heteroatoms. The van der Waals surface area contributed by atoms with Gasteiger partial charge in [-0.15, -0.1) is 0 Å². The normalized spacial score (nSPS) is 17.6. The average molecular weight is 475 g/mol. The van der Waals surface area contributed by atoms with Crippen LogP contribution in [0.25, 0.3) is 0 Å². The van der Waals surface area contributed by atoms with Gasteiger partial charge in [0.25, 0.3) is 5.91 Å². The molecule has 0 bridgehead atoms. The van der Waals surface area contributed by atoms with Crippen LogP contribution in [0.2, 0.25) is 5.02 Å². The highest BCUT2D eigenvalue weighted by Gasteiger charge is 2.23. The quantitative estimate of drug-likeness (QED) is 0.517. The van der Waals surface area contributed by atoms with Gasteiger partial charge in [0.2, 0.25) is 0 Å². The van der Waals surface area contributed by atoms with Crippen molar-refractivity contribution in [1.29, 1.82) is 0 Å². The molecular formula is C21H23ClN6O3S. The van der Waals surface area contributed by atoms with Crippen molar-refractivity contribution in [2.45, 2.75) is 30.8 Å². The Morgan fingerprint density at radius 2 is 2.03 bits per heavy atom. The number of aliphatic hydroxyl groups is 1. The van der Waals surface area contributed by atoms with Gasteiger partial charge in [-0.05, 0) is 50.1 Å². The molecule has 0 aliphatic carbocycles. The number of aliphatic imine (C=N–C) groups is 3. The first-order chi connectivity index (χ1) is 15.4. The van der Waals surface area contributed by atoms with Crippen LogP contribution in [0.3, 0.4) is 0 Å². The van der Waals surface area contributed by atoms with Crippen molar-refractivity contribution >= 4 is 46.5 Å². The lowest BCUT2D eigenvalue weighted by Crippen LogP contribution is -2.37. The molecule has 0 saturated carbocycles. The molecule has 2 heterocycles. The lowest BCUT2D eigenvalue weighted by molar-refractivity contribution is 0.100. The van der Waals surface area contributed by atoms with Gasteiger partial charge in [0, 0.05) is 19.3 Å². The smallest absolute Gasteiger partial charge is 0.280 e. The van der Waals surface area contributed by atoms with Gasteiger partial charge in [-0.2, -0.15) is 4.99 Å². The van der Waals surface area contributed by atoms with Gasteiger partial charge in [-0.1, -0.05) is 17.7 Å². The molecule has 3 N–H and O–H groups in total. The van der Waals surface area contributed by atoms with E-state index >= 15 is 0 Å². The van der Waals surface area contributed by atoms with Crippen molar-refractivity contribution in [2.75, 3.05) is 13.1 Å². The molecule has 1 aromatic carbocycles. The van der Waals surface area contributed by atoms with Crippen LogP contribution >= 0.6 is 11.6 Å². The molecule has 168 valence electrons. The molecular weight excluding hydrogens is 452 g/mol. The van der Waals surface area contributed by atoms with Crippen LogP contribution in [0, 0.1) is 0 Å². The predicted octanol–water partition coefficient (Wildman–Crippen LogP) is 2.21. The van der Waals surface area contributed by atoms with E-state index in [0.29, 0.717) is 42.4 Å². The molecule has 1 aromatic heterocycles. The van der Waals surface area contributed by atoms with Crippen LogP contribution < -0.4 is 5.73 Å². The Kier molecular flexibility index (Phi) is 8.34. The number of aromatic nitrogens is 1. The molecule has 3 rings (SSSR count). The van der Waals surface area contributed by atoms with E-state index < -0.39 is 16.9 Å². The Balaban J connectivity index is 1.87. The Morgan fingerprint density at radius 3 is 2.66 bits per heavy atom. The van der Waals surface area contributed by atoms with E-state index in [4.69, 9.17) is 17.3 Å². The zero-order valence-corrected chi connectivity index (χ0v) is 19.0. The van der Waals surface area contributed by atoms with E-state index in [2.05, 4.69) is 20.0 Å². The molecule has 1 aliphatic heterocycles. The fraction of sp³-hybridized carbons (Fsp3) is 0.286. The number of rotatable bonds is 4. The highest BCUT2D eigenvalue weighted by Crippen LogP contribution is 2.24. The maximum atomic E-state index is 12.9. The standard InChI is InChI=1S/C21H23ClN6O3S/c1-14(25-13-23)26-20(19-4-2-3-9-24-19)27-21(30)17-6-5-16(12-18(17)22)32(31)28-10-7-15(29)8-11-28/h2-6,9,12-13,15,29H,7-8,10-11H2,1H3,(H2,23,25,26,27,30). The summed E-state index contributed by atoms with van der Waals surface area (Å²) < 4.78 is 14.6. The molecule has 2 aromatic rings. The van der Waals surface area contributed by atoms with Gasteiger partial charge in [0.1, 0.15) is 22.5 Å². The van der Waals surface area contributed by atoms with Gasteiger partial charge in [-0.25, -0.2) is 18.5 Å². The average Bonchev–Trinajstić information content (AvgIpc) is 2.79. The summed E-state index contributed by atoms with van der Waals surface area (Å²) in [5, 5.41) is 9.76. The number of amides is 1. The lowest BCUT2D eigenvalue weighted by Gasteiger charge is -2.28. The Morgan fingerprint density at radius 1 is 1.28 bits per heavy atom. The van der Waals surface area contributed by atoms with Crippen LogP contribution in [0.5, 0.6) is 0 Å². The molecule has 1 amide bonds. The fourth-order valence-corrected chi connectivity index (χ4v) is 4.59. The van der Waals surface area contributed by atoms with E-state index in [9.17, 15) is 14.1 Å². The number of piperidine rings is 1. The summed E-state index contributed by atoms with van der Waals surface area (Å²) in [6.07, 6.45) is 3.42. The zero-order valence-electron chi connectivity index (χ0n) is 17.4. The first-order valence-electron chi connectivity index (χ1n) is 9.87. The molecule has 0 spiro atoms. The van der Waals surface area contributed by atoms with Gasteiger partial charge in [-0.3, -0.25) is 9.78 Å². The SMILES string of the molecule is CC(N=CN)=NC(=NC(=O)c1ccc(S(=O)N2CCC(O)CC2)cc1Cl)c1ccccn1. The minimum atomic E-state index is -1.44. The van der Waals surface area contributed by atoms with E-state index in [1.165, 1.54) is 12.1 Å². The minimum Gasteiger partial charge on any atom is -0.393 e. The second-order valence-electron chi connectivity index (χ2n) is 6.94. The van der Waals surface area contributed by atoms with E-state index in [1.54, 1.807) is 41.7 Å². The number of aliphatic hydroxyl groups excluding tert-OH is 1. The Hall–Kier alpha value is -2.79. The third-order valence-electron chi connectivity index (χ3n) is 4.66. The summed E-state index contributed by atoms with van der Waals surface area (Å²) in [6.45, 7) is 2.65. The summed E-state index contributed by atoms with van der Waals surface area (Å²) in [5.74, 6) is -0.259. The van der Waals surface area contributed by atoms with Gasteiger partial charge in [0.05, 0.1) is 27.9 Å². The first-order valence-corrected chi connectivity index (χ1v) is 11.4. The molecule has 9 nitrogen and oxygen atoms in total. The van der Waals surface area contributed by atoms with Crippen LogP contribution in [-0.2, 0) is 11.0 Å². The third-order valence-corrected chi connectivity index (χ3v) is 6.47. The maximum absolute atomic E-state index is 12.9. The van der Waals surface area contributed by atoms with E-state index in [1.807, 2.05) is 0 Å². The largest absolute Gasteiger partial charge is 0.393 e. The molecule has 1 aliphatic rings. The summed E-state index contributed by atoms with van der Waals surface area (Å²) >= 11 is 6.34. The van der Waals surface area contributed by atoms with Crippen LogP contribution in [0.15, 0.2) is 62.5 Å². The molecule has 1 unspecified atom stereocenters. The summed E-state index contributed by atoms with van der Waals surface area (Å²) in [4.78, 5) is 29.7. The summed E-state index contributed by atoms with van der Waals surface area (Å²) in [5.41, 5.74) is 5.83. The monoisotopic (exact) mass is 474 g/mol. The van der Waals surface area contributed by atoms with Gasteiger partial charge < -0.3 is 10.8 Å². The second kappa shape index (κ2) is 11.2. The number of nitrogens with zero attached hydrogens (tertiary/aromatic N) is 5. The van der Waals surface area contributed by atoms with Crippen LogP contribution in [0.1, 0.15) is 35.8 Å². The topological polar surface area (TPSA) is 134 Å². The number of hydrogen-bond donors (Lipinski definition) is 2. The third kappa shape index (κ3) is 6.13. The molecule has 1 saturated heterocycles. The number of hydrogen-bond acceptors (Lipinski definition) is 4. The highest BCUT2D eigenvalue weighted by molar-refractivity contribution is 7.82. The van der Waals surface area contributed by atoms with E-state index in [0.717, 1.165) is 6.34 Å². The number of amidine groups is 2. The number of carbonyl (C=O) groups excluding carboxylic acids is 1. The number of nitrogens with two attached hydrogens (primary N) is 1. The minimum absolute atomic E-state index is 0.0642. The van der Waals surface area contributed by atoms with Crippen molar-refractivity contribution in [3.63, 3.8) is 0 Å². The van der Waals surface area contributed by atoms with Crippen molar-refractivity contribution < 1.29 is 14.1 Å². The van der Waals surface area contributed by atoms with Gasteiger partial charge >= 0.3 is 0 Å². The van der Waals surface area contributed by atoms with Crippen molar-refractivity contribution in [3.8, 4) is 0 Å². The Bertz CT molecular complexity index is 1080. The Labute approximate surface area is 193 Å². The van der Waals surface area contributed by atoms with E-state index in [-0.39, 0.29) is 22.5 Å². The molecule has 32 heavy (non-hydrogen) atoms. The van der Waals surface area contributed by atoms with Crippen LogP contribution in [-0.4, -0.2) is 61.7 Å². The van der Waals surface area contributed by atoms with Crippen molar-refractivity contribution in [1.82, 2.24) is 9.29 Å². The van der Waals surface area contributed by atoms with Crippen molar-refractivity contribution in [3.05, 3.63) is 58.9 Å². The maximum Gasteiger partial charge on any atom is 0.280 e. The fourth-order valence-electron chi connectivity index (χ4n) is 3.02. The number of pyridine rings is 1. The highest BCUT2D eigenvalue weighted by atomic mass is 35.5. The zero-order chi connectivity index (χ0) is 23.1. The molecule has 0 radical (unpaired) electrons. The van der Waals surface area contributed by atoms with Gasteiger partial charge in [0.15, 0.2) is 5.84 Å². The molecule has 1 atom stereocenters. The first kappa shape index (κ1) is 23.9. The molecule has 1 fully saturated rings. The van der Waals surface area contributed by atoms with Crippen molar-refractivity contribution in [2.24, 2.45) is 20.7 Å². The predicted molar refractivity (Wildman–Crippen MR) is 126 cm³/mol. The lowest BCUT2D eigenvalue weighted by atomic mass is 10.1. The number of carbonyl (C=O) groups is 1. The summed E-state index contributed by atoms with van der Waals surface area (Å²) in [7, 11) is -1.44. The number of halogens is 1. The summed E-state index contributed by atoms with van der Waals surface area (Å²) in [6, 6.07) is 9.72. The van der Waals surface area contributed by atoms with Crippen LogP contribution in [0.4, 0.5) is 0 Å².